The normalized spacial score (nSPS) is 10.6. The summed E-state index contributed by atoms with van der Waals surface area (Å²) in [5.74, 6) is -2.26. The molecule has 8 nitrogen and oxygen atoms in total. The van der Waals surface area contributed by atoms with Gasteiger partial charge >= 0.3 is 5.69 Å². The van der Waals surface area contributed by atoms with E-state index in [1.54, 1.807) is 6.07 Å². The summed E-state index contributed by atoms with van der Waals surface area (Å²) in [6.45, 7) is 0. The van der Waals surface area contributed by atoms with Gasteiger partial charge in [-0.05, 0) is 17.7 Å². The summed E-state index contributed by atoms with van der Waals surface area (Å²) in [6.07, 6.45) is 1.06. The van der Waals surface area contributed by atoms with Crippen LogP contribution >= 0.6 is 0 Å². The number of nitro groups is 1. The highest BCUT2D eigenvalue weighted by Gasteiger charge is 2.19. The molecule has 0 heterocycles. The minimum atomic E-state index is -0.891. The number of hydrogen-bond donors (Lipinski definition) is 3. The van der Waals surface area contributed by atoms with E-state index in [0.717, 1.165) is 18.2 Å². The van der Waals surface area contributed by atoms with Crippen molar-refractivity contribution in [3.63, 3.8) is 0 Å². The van der Waals surface area contributed by atoms with Crippen LogP contribution < -0.4 is 5.32 Å². The third-order valence-corrected chi connectivity index (χ3v) is 2.19. The fourth-order valence-electron chi connectivity index (χ4n) is 1.30. The Bertz CT molecular complexity index is 615. The number of nitriles is 1. The van der Waals surface area contributed by atoms with Crippen molar-refractivity contribution in [1.29, 1.82) is 5.26 Å². The molecule has 1 aromatic rings. The number of rotatable bonds is 3. The molecule has 0 fully saturated rings. The topological polar surface area (TPSA) is 136 Å². The maximum Gasteiger partial charge on any atom is 0.315 e. The van der Waals surface area contributed by atoms with Gasteiger partial charge in [-0.15, -0.1) is 0 Å². The van der Waals surface area contributed by atoms with Crippen molar-refractivity contribution in [3.05, 3.63) is 33.4 Å². The molecule has 0 aliphatic heterocycles. The monoisotopic (exact) mass is 263 g/mol. The highest BCUT2D eigenvalue weighted by Crippen LogP contribution is 2.36. The van der Waals surface area contributed by atoms with Crippen molar-refractivity contribution < 1.29 is 19.9 Å². The SMILES string of the molecule is CNC(=O)C(C#N)=Cc1cc(O)c(O)c([N+](=O)[O-])c1. The van der Waals surface area contributed by atoms with Crippen LogP contribution in [-0.2, 0) is 4.79 Å². The second-order valence-electron chi connectivity index (χ2n) is 3.41. The lowest BCUT2D eigenvalue weighted by Crippen LogP contribution is -2.19. The Kier molecular flexibility index (Phi) is 4.05. The fourth-order valence-corrected chi connectivity index (χ4v) is 1.30. The molecule has 0 unspecified atom stereocenters. The number of hydrogen-bond acceptors (Lipinski definition) is 6. The van der Waals surface area contributed by atoms with Gasteiger partial charge in [0.15, 0.2) is 5.75 Å². The Morgan fingerprint density at radius 1 is 1.53 bits per heavy atom. The number of nitrogens with zero attached hydrogens (tertiary/aromatic N) is 2. The predicted octanol–water partition coefficient (Wildman–Crippen LogP) is 0.659. The van der Waals surface area contributed by atoms with Crippen molar-refractivity contribution in [1.82, 2.24) is 5.32 Å². The molecule has 0 bridgehead atoms. The average Bonchev–Trinajstić information content (AvgIpc) is 2.38. The van der Waals surface area contributed by atoms with Crippen molar-refractivity contribution in [2.24, 2.45) is 0 Å². The Balaban J connectivity index is 3.38. The number of nitrogens with one attached hydrogen (secondary N) is 1. The third-order valence-electron chi connectivity index (χ3n) is 2.19. The van der Waals surface area contributed by atoms with E-state index < -0.39 is 28.0 Å². The molecule has 98 valence electrons. The van der Waals surface area contributed by atoms with Gasteiger partial charge in [-0.25, -0.2) is 0 Å². The molecule has 0 saturated heterocycles. The summed E-state index contributed by atoms with van der Waals surface area (Å²) in [5, 5.41) is 40.3. The molecule has 19 heavy (non-hydrogen) atoms. The number of phenols is 2. The molecule has 0 aliphatic carbocycles. The quantitative estimate of drug-likeness (QED) is 0.241. The van der Waals surface area contributed by atoms with E-state index in [1.165, 1.54) is 7.05 Å². The number of amides is 1. The fraction of sp³-hybridized carbons (Fsp3) is 0.0909. The minimum Gasteiger partial charge on any atom is -0.504 e. The zero-order valence-electron chi connectivity index (χ0n) is 9.75. The van der Waals surface area contributed by atoms with Crippen LogP contribution in [0.1, 0.15) is 5.56 Å². The van der Waals surface area contributed by atoms with Crippen molar-refractivity contribution in [2.75, 3.05) is 7.05 Å². The molecule has 1 amide bonds. The first-order valence-corrected chi connectivity index (χ1v) is 4.95. The number of aromatic hydroxyl groups is 2. The Hall–Kier alpha value is -3.08. The number of carbonyl (C=O) groups excluding carboxylic acids is 1. The smallest absolute Gasteiger partial charge is 0.315 e. The van der Waals surface area contributed by atoms with Gasteiger partial charge in [0.1, 0.15) is 11.6 Å². The van der Waals surface area contributed by atoms with Gasteiger partial charge in [-0.3, -0.25) is 14.9 Å². The third kappa shape index (κ3) is 2.98. The van der Waals surface area contributed by atoms with Crippen LogP contribution in [0.4, 0.5) is 5.69 Å². The van der Waals surface area contributed by atoms with Crippen LogP contribution in [-0.4, -0.2) is 28.1 Å². The van der Waals surface area contributed by atoms with Crippen molar-refractivity contribution >= 4 is 17.7 Å². The molecule has 0 atom stereocenters. The van der Waals surface area contributed by atoms with E-state index in [2.05, 4.69) is 5.32 Å². The van der Waals surface area contributed by atoms with Gasteiger partial charge in [0, 0.05) is 13.1 Å². The van der Waals surface area contributed by atoms with Gasteiger partial charge in [0.25, 0.3) is 5.91 Å². The van der Waals surface area contributed by atoms with Crippen LogP contribution in [0, 0.1) is 21.4 Å². The summed E-state index contributed by atoms with van der Waals surface area (Å²) in [7, 11) is 1.32. The van der Waals surface area contributed by atoms with E-state index in [1.807, 2.05) is 0 Å². The number of benzene rings is 1. The van der Waals surface area contributed by atoms with Gasteiger partial charge in [-0.2, -0.15) is 5.26 Å². The number of phenolic OH excluding ortho intramolecular Hbond substituents is 2. The molecule has 1 rings (SSSR count). The van der Waals surface area contributed by atoms with E-state index in [4.69, 9.17) is 5.26 Å². The summed E-state index contributed by atoms with van der Waals surface area (Å²) in [5.41, 5.74) is -0.968. The molecule has 0 radical (unpaired) electrons. The molecule has 8 heteroatoms. The lowest BCUT2D eigenvalue weighted by molar-refractivity contribution is -0.386. The Labute approximate surface area is 107 Å². The summed E-state index contributed by atoms with van der Waals surface area (Å²) in [4.78, 5) is 21.0. The summed E-state index contributed by atoms with van der Waals surface area (Å²) < 4.78 is 0. The van der Waals surface area contributed by atoms with Gasteiger partial charge in [-0.1, -0.05) is 0 Å². The largest absolute Gasteiger partial charge is 0.504 e. The maximum atomic E-state index is 11.3. The molecular formula is C11H9N3O5. The van der Waals surface area contributed by atoms with E-state index in [0.29, 0.717) is 0 Å². The van der Waals surface area contributed by atoms with Crippen LogP contribution in [0.25, 0.3) is 6.08 Å². The number of nitro benzene ring substituents is 1. The standard InChI is InChI=1S/C11H9N3O5/c1-13-11(17)7(5-12)2-6-3-8(14(18)19)10(16)9(15)4-6/h2-4,15-16H,1H3,(H,13,17). The number of likely N-dealkylation sites (N-methyl/N-ethyl adjacent to an activating group) is 1. The zero-order chi connectivity index (χ0) is 14.6. The summed E-state index contributed by atoms with van der Waals surface area (Å²) >= 11 is 0. The lowest BCUT2D eigenvalue weighted by Gasteiger charge is -2.02. The highest BCUT2D eigenvalue weighted by molar-refractivity contribution is 6.01. The predicted molar refractivity (Wildman–Crippen MR) is 64.1 cm³/mol. The number of carbonyl (C=O) groups is 1. The molecule has 1 aromatic carbocycles. The van der Waals surface area contributed by atoms with E-state index in [-0.39, 0.29) is 11.1 Å². The molecule has 0 spiro atoms. The second kappa shape index (κ2) is 5.50. The molecule has 0 aliphatic rings. The van der Waals surface area contributed by atoms with Gasteiger partial charge < -0.3 is 15.5 Å². The van der Waals surface area contributed by atoms with E-state index in [9.17, 15) is 25.1 Å². The minimum absolute atomic E-state index is 0.0437. The second-order valence-corrected chi connectivity index (χ2v) is 3.41. The average molecular weight is 263 g/mol. The molecule has 0 saturated carbocycles. The van der Waals surface area contributed by atoms with Crippen LogP contribution in [0.5, 0.6) is 11.5 Å². The van der Waals surface area contributed by atoms with Gasteiger partial charge in [0.2, 0.25) is 5.75 Å². The van der Waals surface area contributed by atoms with Crippen molar-refractivity contribution in [2.45, 2.75) is 0 Å². The molecular weight excluding hydrogens is 254 g/mol. The molecule has 3 N–H and O–H groups in total. The first-order valence-electron chi connectivity index (χ1n) is 4.95. The Morgan fingerprint density at radius 3 is 2.63 bits per heavy atom. The lowest BCUT2D eigenvalue weighted by atomic mass is 10.1. The van der Waals surface area contributed by atoms with E-state index >= 15 is 0 Å². The first-order chi connectivity index (χ1) is 8.90. The molecule has 0 aromatic heterocycles. The Morgan fingerprint density at radius 2 is 2.16 bits per heavy atom. The highest BCUT2D eigenvalue weighted by atomic mass is 16.6. The van der Waals surface area contributed by atoms with Crippen LogP contribution in [0.3, 0.4) is 0 Å². The van der Waals surface area contributed by atoms with Crippen molar-refractivity contribution in [3.8, 4) is 17.6 Å². The van der Waals surface area contributed by atoms with Crippen LogP contribution in [0.2, 0.25) is 0 Å². The maximum absolute atomic E-state index is 11.3. The summed E-state index contributed by atoms with van der Waals surface area (Å²) in [6, 6.07) is 3.56. The van der Waals surface area contributed by atoms with Gasteiger partial charge in [0.05, 0.1) is 4.92 Å². The van der Waals surface area contributed by atoms with Crippen LogP contribution in [0.15, 0.2) is 17.7 Å². The zero-order valence-corrected chi connectivity index (χ0v) is 9.75. The first kappa shape index (κ1) is 14.0.